The second-order valence-corrected chi connectivity index (χ2v) is 7.36. The number of carbonyl (C=O) groups is 2. The van der Waals surface area contributed by atoms with E-state index in [0.717, 1.165) is 5.56 Å². The Hall–Kier alpha value is -3.00. The smallest absolute Gasteiger partial charge is 0.251 e. The number of hydrogen-bond acceptors (Lipinski definition) is 5. The van der Waals surface area contributed by atoms with Crippen LogP contribution in [-0.4, -0.2) is 32.2 Å². The van der Waals surface area contributed by atoms with Crippen LogP contribution in [0.3, 0.4) is 0 Å². The Bertz CT molecular complexity index is 1020. The van der Waals surface area contributed by atoms with Crippen LogP contribution in [0.2, 0.25) is 0 Å². The van der Waals surface area contributed by atoms with E-state index in [0.29, 0.717) is 28.7 Å². The van der Waals surface area contributed by atoms with Crippen LogP contribution in [0.25, 0.3) is 0 Å². The molecule has 1 aromatic heterocycles. The molecule has 1 amide bonds. The largest absolute Gasteiger partial charge is 0.345 e. The van der Waals surface area contributed by atoms with Gasteiger partial charge in [-0.05, 0) is 50.2 Å². The van der Waals surface area contributed by atoms with Crippen molar-refractivity contribution in [2.24, 2.45) is 0 Å². The van der Waals surface area contributed by atoms with Crippen molar-refractivity contribution in [1.82, 2.24) is 20.1 Å². The number of benzene rings is 2. The SMILES string of the molecule is CCn1c(CNC(=O)c2cccc(C)c2)nnc1SCC(=O)c1ccc(F)cc1. The van der Waals surface area contributed by atoms with Crippen molar-refractivity contribution in [1.29, 1.82) is 0 Å². The van der Waals surface area contributed by atoms with Crippen LogP contribution in [0.4, 0.5) is 4.39 Å². The van der Waals surface area contributed by atoms with Crippen LogP contribution in [0, 0.1) is 12.7 Å². The average Bonchev–Trinajstić information content (AvgIpc) is 3.12. The quantitative estimate of drug-likeness (QED) is 0.451. The lowest BCUT2D eigenvalue weighted by Gasteiger charge is -2.09. The predicted molar refractivity (Wildman–Crippen MR) is 109 cm³/mol. The molecule has 0 saturated carbocycles. The molecule has 0 atom stereocenters. The van der Waals surface area contributed by atoms with E-state index in [1.807, 2.05) is 36.6 Å². The van der Waals surface area contributed by atoms with E-state index < -0.39 is 0 Å². The van der Waals surface area contributed by atoms with Gasteiger partial charge in [0, 0.05) is 17.7 Å². The second kappa shape index (κ2) is 9.47. The molecule has 150 valence electrons. The summed E-state index contributed by atoms with van der Waals surface area (Å²) in [7, 11) is 0. The lowest BCUT2D eigenvalue weighted by Crippen LogP contribution is -2.24. The molecule has 8 heteroatoms. The molecule has 0 aliphatic carbocycles. The van der Waals surface area contributed by atoms with Gasteiger partial charge in [0.05, 0.1) is 12.3 Å². The van der Waals surface area contributed by atoms with Gasteiger partial charge in [-0.2, -0.15) is 0 Å². The zero-order valence-corrected chi connectivity index (χ0v) is 17.0. The normalized spacial score (nSPS) is 10.7. The summed E-state index contributed by atoms with van der Waals surface area (Å²) in [6.07, 6.45) is 0. The van der Waals surface area contributed by atoms with Gasteiger partial charge in [0.15, 0.2) is 16.8 Å². The first-order valence-electron chi connectivity index (χ1n) is 9.16. The summed E-state index contributed by atoms with van der Waals surface area (Å²) < 4.78 is 14.9. The molecule has 3 aromatic rings. The fourth-order valence-corrected chi connectivity index (χ4v) is 3.69. The van der Waals surface area contributed by atoms with Crippen LogP contribution >= 0.6 is 11.8 Å². The van der Waals surface area contributed by atoms with Gasteiger partial charge >= 0.3 is 0 Å². The van der Waals surface area contributed by atoms with Gasteiger partial charge in [0.1, 0.15) is 5.82 Å². The van der Waals surface area contributed by atoms with Gasteiger partial charge in [-0.1, -0.05) is 29.5 Å². The molecule has 0 fully saturated rings. The summed E-state index contributed by atoms with van der Waals surface area (Å²) in [6.45, 7) is 4.72. The molecule has 0 radical (unpaired) electrons. The van der Waals surface area contributed by atoms with E-state index in [4.69, 9.17) is 0 Å². The Balaban J connectivity index is 1.61. The molecule has 0 spiro atoms. The number of aromatic nitrogens is 3. The van der Waals surface area contributed by atoms with Crippen LogP contribution in [-0.2, 0) is 13.1 Å². The number of halogens is 1. The molecule has 0 aliphatic rings. The average molecular weight is 412 g/mol. The van der Waals surface area contributed by atoms with Crippen molar-refractivity contribution in [2.45, 2.75) is 32.1 Å². The Morgan fingerprint density at radius 2 is 1.86 bits per heavy atom. The summed E-state index contributed by atoms with van der Waals surface area (Å²) in [4.78, 5) is 24.6. The van der Waals surface area contributed by atoms with Gasteiger partial charge in [0.25, 0.3) is 5.91 Å². The Kier molecular flexibility index (Phi) is 6.77. The number of amides is 1. The number of thioether (sulfide) groups is 1. The third-order valence-corrected chi connectivity index (χ3v) is 5.26. The highest BCUT2D eigenvalue weighted by molar-refractivity contribution is 7.99. The summed E-state index contributed by atoms with van der Waals surface area (Å²) in [6, 6.07) is 12.8. The van der Waals surface area contributed by atoms with Crippen LogP contribution in [0.15, 0.2) is 53.7 Å². The third kappa shape index (κ3) is 5.29. The molecule has 29 heavy (non-hydrogen) atoms. The Labute approximate surface area is 172 Å². The van der Waals surface area contributed by atoms with Crippen molar-refractivity contribution in [3.63, 3.8) is 0 Å². The Morgan fingerprint density at radius 1 is 1.10 bits per heavy atom. The Morgan fingerprint density at radius 3 is 2.55 bits per heavy atom. The minimum atomic E-state index is -0.378. The van der Waals surface area contributed by atoms with Crippen LogP contribution in [0.1, 0.15) is 39.0 Å². The molecule has 0 unspecified atom stereocenters. The van der Waals surface area contributed by atoms with E-state index in [-0.39, 0.29) is 29.8 Å². The molecule has 0 bridgehead atoms. The number of aryl methyl sites for hydroxylation is 1. The van der Waals surface area contributed by atoms with E-state index in [2.05, 4.69) is 15.5 Å². The van der Waals surface area contributed by atoms with Gasteiger partial charge in [-0.25, -0.2) is 4.39 Å². The molecule has 0 aliphatic heterocycles. The van der Waals surface area contributed by atoms with Crippen molar-refractivity contribution in [3.05, 3.63) is 76.9 Å². The van der Waals surface area contributed by atoms with E-state index >= 15 is 0 Å². The van der Waals surface area contributed by atoms with Gasteiger partial charge < -0.3 is 9.88 Å². The van der Waals surface area contributed by atoms with Crippen LogP contribution in [0.5, 0.6) is 0 Å². The minimum absolute atomic E-state index is 0.116. The summed E-state index contributed by atoms with van der Waals surface area (Å²) in [5.41, 5.74) is 2.05. The number of carbonyl (C=O) groups excluding carboxylic acids is 2. The zero-order valence-electron chi connectivity index (χ0n) is 16.2. The third-order valence-electron chi connectivity index (χ3n) is 4.30. The number of hydrogen-bond donors (Lipinski definition) is 1. The number of rotatable bonds is 8. The lowest BCUT2D eigenvalue weighted by atomic mass is 10.1. The monoisotopic (exact) mass is 412 g/mol. The van der Waals surface area contributed by atoms with Crippen molar-refractivity contribution < 1.29 is 14.0 Å². The number of nitrogens with zero attached hydrogens (tertiary/aromatic N) is 3. The molecule has 1 heterocycles. The maximum absolute atomic E-state index is 13.0. The number of nitrogens with one attached hydrogen (secondary N) is 1. The molecular formula is C21H21FN4O2S. The first-order valence-corrected chi connectivity index (χ1v) is 10.1. The fraction of sp³-hybridized carbons (Fsp3) is 0.238. The molecule has 0 saturated heterocycles. The summed E-state index contributed by atoms with van der Waals surface area (Å²) >= 11 is 1.27. The summed E-state index contributed by atoms with van der Waals surface area (Å²) in [5, 5.41) is 11.7. The van der Waals surface area contributed by atoms with Crippen molar-refractivity contribution >= 4 is 23.5 Å². The van der Waals surface area contributed by atoms with Gasteiger partial charge in [-0.3, -0.25) is 9.59 Å². The van der Waals surface area contributed by atoms with E-state index in [1.165, 1.54) is 36.0 Å². The topological polar surface area (TPSA) is 76.9 Å². The highest BCUT2D eigenvalue weighted by Gasteiger charge is 2.15. The standard InChI is InChI=1S/C21H21FN4O2S/c1-3-26-19(12-23-20(28)16-6-4-5-14(2)11-16)24-25-21(26)29-13-18(27)15-7-9-17(22)10-8-15/h4-11H,3,12-13H2,1-2H3,(H,23,28). The van der Waals surface area contributed by atoms with Crippen molar-refractivity contribution in [3.8, 4) is 0 Å². The second-order valence-electron chi connectivity index (χ2n) is 6.41. The maximum Gasteiger partial charge on any atom is 0.251 e. The van der Waals surface area contributed by atoms with Crippen molar-refractivity contribution in [2.75, 3.05) is 5.75 Å². The fourth-order valence-electron chi connectivity index (χ4n) is 2.77. The van der Waals surface area contributed by atoms with Crippen LogP contribution < -0.4 is 5.32 Å². The van der Waals surface area contributed by atoms with E-state index in [9.17, 15) is 14.0 Å². The molecule has 1 N–H and O–H groups in total. The molecule has 2 aromatic carbocycles. The molecule has 3 rings (SSSR count). The number of Topliss-reactive ketones (excluding diaryl/α,β-unsaturated/α-hetero) is 1. The molecular weight excluding hydrogens is 391 g/mol. The predicted octanol–water partition coefficient (Wildman–Crippen LogP) is 3.65. The van der Waals surface area contributed by atoms with Gasteiger partial charge in [-0.15, -0.1) is 10.2 Å². The van der Waals surface area contributed by atoms with Gasteiger partial charge in [0.2, 0.25) is 0 Å². The summed E-state index contributed by atoms with van der Waals surface area (Å²) in [5.74, 6) is 0.108. The first-order chi connectivity index (χ1) is 14.0. The first kappa shape index (κ1) is 20.7. The zero-order chi connectivity index (χ0) is 20.8. The minimum Gasteiger partial charge on any atom is -0.345 e. The lowest BCUT2D eigenvalue weighted by molar-refractivity contribution is 0.0948. The number of ketones is 1. The molecule has 6 nitrogen and oxygen atoms in total. The highest BCUT2D eigenvalue weighted by atomic mass is 32.2. The van der Waals surface area contributed by atoms with E-state index in [1.54, 1.807) is 6.07 Å². The maximum atomic E-state index is 13.0. The highest BCUT2D eigenvalue weighted by Crippen LogP contribution is 2.19.